The van der Waals surface area contributed by atoms with Crippen LogP contribution in [0.4, 0.5) is 0 Å². The predicted octanol–water partition coefficient (Wildman–Crippen LogP) is 2.82. The lowest BCUT2D eigenvalue weighted by Crippen LogP contribution is -2.53. The van der Waals surface area contributed by atoms with Gasteiger partial charge in [-0.1, -0.05) is 42.5 Å². The maximum Gasteiger partial charge on any atom is 0.309 e. The van der Waals surface area contributed by atoms with Crippen LogP contribution in [-0.4, -0.2) is 58.8 Å². The summed E-state index contributed by atoms with van der Waals surface area (Å²) in [5.74, 6) is -1.26. The lowest BCUT2D eigenvalue weighted by Gasteiger charge is -2.41. The Morgan fingerprint density at radius 3 is 2.41 bits per heavy atom. The first-order valence-electron chi connectivity index (χ1n) is 11.6. The van der Waals surface area contributed by atoms with Gasteiger partial charge in [-0.2, -0.15) is 0 Å². The minimum Gasteiger partial charge on any atom is -0.343 e. The Hall–Kier alpha value is -3.07. The molecule has 0 unspecified atom stereocenters. The van der Waals surface area contributed by atoms with Gasteiger partial charge in [0.15, 0.2) is 0 Å². The summed E-state index contributed by atoms with van der Waals surface area (Å²) in [6.07, 6.45) is 1.66. The number of thiophene rings is 1. The topological polar surface area (TPSA) is 77.6 Å². The maximum atomic E-state index is 12.6. The zero-order valence-corrected chi connectivity index (χ0v) is 20.2. The van der Waals surface area contributed by atoms with Crippen molar-refractivity contribution in [1.29, 1.82) is 0 Å². The van der Waals surface area contributed by atoms with E-state index in [1.807, 2.05) is 37.3 Å². The van der Waals surface area contributed by atoms with E-state index in [-0.39, 0.29) is 18.6 Å². The van der Waals surface area contributed by atoms with Crippen molar-refractivity contribution in [2.24, 2.45) is 0 Å². The number of hydrogen-bond acceptors (Lipinski definition) is 6. The fourth-order valence-electron chi connectivity index (χ4n) is 4.35. The van der Waals surface area contributed by atoms with Crippen molar-refractivity contribution in [2.75, 3.05) is 26.2 Å². The van der Waals surface area contributed by atoms with E-state index in [0.29, 0.717) is 5.69 Å². The Bertz CT molecular complexity index is 1040. The van der Waals surface area contributed by atoms with E-state index >= 15 is 0 Å². The summed E-state index contributed by atoms with van der Waals surface area (Å²) < 4.78 is 0. The summed E-state index contributed by atoms with van der Waals surface area (Å²) in [4.78, 5) is 35.3. The summed E-state index contributed by atoms with van der Waals surface area (Å²) in [7, 11) is 0. The summed E-state index contributed by atoms with van der Waals surface area (Å²) in [6.45, 7) is 6.87. The smallest absolute Gasteiger partial charge is 0.309 e. The number of carbonyl (C=O) groups excluding carboxylic acids is 2. The first kappa shape index (κ1) is 24.1. The van der Waals surface area contributed by atoms with Crippen LogP contribution in [0.3, 0.4) is 0 Å². The SMILES string of the molecule is C[C@@H](NC(=O)C(=O)NCc1ccccn1)[C@@H](c1cccs1)N1CCN(Cc2ccccc2)CC1. The average molecular weight is 478 g/mol. The van der Waals surface area contributed by atoms with E-state index in [1.165, 1.54) is 10.4 Å². The van der Waals surface area contributed by atoms with Gasteiger partial charge < -0.3 is 10.6 Å². The van der Waals surface area contributed by atoms with Crippen LogP contribution >= 0.6 is 11.3 Å². The van der Waals surface area contributed by atoms with Crippen molar-refractivity contribution in [2.45, 2.75) is 32.1 Å². The average Bonchev–Trinajstić information content (AvgIpc) is 3.39. The molecule has 1 aromatic carbocycles. The van der Waals surface area contributed by atoms with Crippen LogP contribution in [0.25, 0.3) is 0 Å². The number of hydrogen-bond donors (Lipinski definition) is 2. The minimum atomic E-state index is -0.643. The molecule has 1 fully saturated rings. The second-order valence-corrected chi connectivity index (χ2v) is 9.50. The third-order valence-electron chi connectivity index (χ3n) is 6.08. The van der Waals surface area contributed by atoms with Crippen molar-refractivity contribution in [3.63, 3.8) is 0 Å². The highest BCUT2D eigenvalue weighted by Crippen LogP contribution is 2.29. The summed E-state index contributed by atoms with van der Waals surface area (Å²) >= 11 is 1.68. The molecule has 2 atom stereocenters. The number of amides is 2. The Kier molecular flexibility index (Phi) is 8.41. The van der Waals surface area contributed by atoms with E-state index in [9.17, 15) is 9.59 Å². The number of carbonyl (C=O) groups is 2. The predicted molar refractivity (Wildman–Crippen MR) is 134 cm³/mol. The van der Waals surface area contributed by atoms with Gasteiger partial charge in [-0.25, -0.2) is 0 Å². The molecule has 7 nitrogen and oxygen atoms in total. The molecule has 0 saturated carbocycles. The molecule has 34 heavy (non-hydrogen) atoms. The van der Waals surface area contributed by atoms with Crippen LogP contribution in [0.5, 0.6) is 0 Å². The standard InChI is InChI=1S/C26H31N5O2S/c1-20(29-26(33)25(32)28-18-22-10-5-6-12-27-22)24(23-11-7-17-34-23)31-15-13-30(14-16-31)19-21-8-3-2-4-9-21/h2-12,17,20,24H,13-16,18-19H2,1H3,(H,28,32)(H,29,33)/t20-,24+/m1/s1. The lowest BCUT2D eigenvalue weighted by molar-refractivity contribution is -0.140. The van der Waals surface area contributed by atoms with E-state index in [1.54, 1.807) is 17.5 Å². The molecule has 1 aliphatic heterocycles. The molecular formula is C26H31N5O2S. The van der Waals surface area contributed by atoms with Crippen LogP contribution < -0.4 is 10.6 Å². The normalized spacial score (nSPS) is 16.5. The number of benzene rings is 1. The molecule has 0 bridgehead atoms. The van der Waals surface area contributed by atoms with Crippen molar-refractivity contribution in [1.82, 2.24) is 25.4 Å². The van der Waals surface area contributed by atoms with Gasteiger partial charge in [0.05, 0.1) is 18.3 Å². The van der Waals surface area contributed by atoms with Gasteiger partial charge in [0, 0.05) is 49.8 Å². The van der Waals surface area contributed by atoms with E-state index in [0.717, 1.165) is 32.7 Å². The quantitative estimate of drug-likeness (QED) is 0.488. The molecule has 4 rings (SSSR count). The molecule has 3 heterocycles. The highest BCUT2D eigenvalue weighted by atomic mass is 32.1. The van der Waals surface area contributed by atoms with Crippen LogP contribution in [0.2, 0.25) is 0 Å². The lowest BCUT2D eigenvalue weighted by atomic mass is 10.0. The number of rotatable bonds is 8. The fourth-order valence-corrected chi connectivity index (χ4v) is 5.31. The van der Waals surface area contributed by atoms with Crippen molar-refractivity contribution in [3.05, 3.63) is 88.4 Å². The first-order chi connectivity index (χ1) is 16.6. The number of pyridine rings is 1. The van der Waals surface area contributed by atoms with Gasteiger partial charge in [0.2, 0.25) is 0 Å². The Balaban J connectivity index is 1.34. The van der Waals surface area contributed by atoms with Crippen molar-refractivity contribution in [3.8, 4) is 0 Å². The Labute approximate surface area is 204 Å². The molecule has 0 aliphatic carbocycles. The third kappa shape index (κ3) is 6.50. The van der Waals surface area contributed by atoms with Gasteiger partial charge in [0.25, 0.3) is 0 Å². The van der Waals surface area contributed by atoms with Gasteiger partial charge in [-0.15, -0.1) is 11.3 Å². The van der Waals surface area contributed by atoms with Crippen molar-refractivity contribution >= 4 is 23.2 Å². The zero-order valence-electron chi connectivity index (χ0n) is 19.4. The number of nitrogens with zero attached hydrogens (tertiary/aromatic N) is 3. The largest absolute Gasteiger partial charge is 0.343 e. The van der Waals surface area contributed by atoms with Crippen molar-refractivity contribution < 1.29 is 9.59 Å². The van der Waals surface area contributed by atoms with Gasteiger partial charge in [-0.05, 0) is 36.1 Å². The number of aromatic nitrogens is 1. The third-order valence-corrected chi connectivity index (χ3v) is 7.02. The molecule has 2 aromatic heterocycles. The molecule has 1 aliphatic rings. The molecule has 0 radical (unpaired) electrons. The molecule has 8 heteroatoms. The van der Waals surface area contributed by atoms with Gasteiger partial charge >= 0.3 is 11.8 Å². The van der Waals surface area contributed by atoms with E-state index in [4.69, 9.17) is 0 Å². The Morgan fingerprint density at radius 1 is 0.971 bits per heavy atom. The molecule has 178 valence electrons. The zero-order chi connectivity index (χ0) is 23.8. The molecule has 2 N–H and O–H groups in total. The van der Waals surface area contributed by atoms with Gasteiger partial charge in [0.1, 0.15) is 0 Å². The second kappa shape index (κ2) is 11.9. The van der Waals surface area contributed by atoms with E-state index in [2.05, 4.69) is 61.1 Å². The number of piperazine rings is 1. The summed E-state index contributed by atoms with van der Waals surface area (Å²) in [5.41, 5.74) is 2.03. The van der Waals surface area contributed by atoms with E-state index < -0.39 is 11.8 Å². The first-order valence-corrected chi connectivity index (χ1v) is 12.5. The monoisotopic (exact) mass is 477 g/mol. The molecule has 2 amide bonds. The minimum absolute atomic E-state index is 0.0198. The highest BCUT2D eigenvalue weighted by molar-refractivity contribution is 7.10. The van der Waals surface area contributed by atoms with Crippen LogP contribution in [0, 0.1) is 0 Å². The number of nitrogens with one attached hydrogen (secondary N) is 2. The molecule has 0 spiro atoms. The molecule has 1 saturated heterocycles. The van der Waals surface area contributed by atoms with Crippen LogP contribution in [0.15, 0.2) is 72.2 Å². The highest BCUT2D eigenvalue weighted by Gasteiger charge is 2.31. The summed E-state index contributed by atoms with van der Waals surface area (Å²) in [5, 5.41) is 7.65. The van der Waals surface area contributed by atoms with Crippen LogP contribution in [0.1, 0.15) is 29.1 Å². The molecule has 3 aromatic rings. The fraction of sp³-hybridized carbons (Fsp3) is 0.346. The molecular weight excluding hydrogens is 446 g/mol. The summed E-state index contributed by atoms with van der Waals surface area (Å²) in [6, 6.07) is 19.9. The van der Waals surface area contributed by atoms with Crippen LogP contribution in [-0.2, 0) is 22.7 Å². The second-order valence-electron chi connectivity index (χ2n) is 8.52. The van der Waals surface area contributed by atoms with Gasteiger partial charge in [-0.3, -0.25) is 24.4 Å². The maximum absolute atomic E-state index is 12.6. The Morgan fingerprint density at radius 2 is 1.74 bits per heavy atom.